The average molecular weight is 462 g/mol. The summed E-state index contributed by atoms with van der Waals surface area (Å²) in [5.41, 5.74) is 4.76. The minimum Gasteiger partial charge on any atom is -0.304 e. The molecule has 0 unspecified atom stereocenters. The SMILES string of the molecule is CN1CCN(Cc2ccccc2-c2nc3cccc(-c4ccc(S(C)(=O)=O)cc4)n3n2)CC1. The van der Waals surface area contributed by atoms with Crippen LogP contribution in [0.4, 0.5) is 0 Å². The van der Waals surface area contributed by atoms with Gasteiger partial charge in [0, 0.05) is 50.1 Å². The summed E-state index contributed by atoms with van der Waals surface area (Å²) in [6.07, 6.45) is 1.21. The van der Waals surface area contributed by atoms with Gasteiger partial charge in [-0.15, -0.1) is 5.10 Å². The summed E-state index contributed by atoms with van der Waals surface area (Å²) in [4.78, 5) is 9.96. The molecule has 0 spiro atoms. The third kappa shape index (κ3) is 4.55. The van der Waals surface area contributed by atoms with Crippen molar-refractivity contribution in [2.45, 2.75) is 11.4 Å². The van der Waals surface area contributed by atoms with Crippen LogP contribution < -0.4 is 0 Å². The van der Waals surface area contributed by atoms with E-state index in [0.717, 1.165) is 55.2 Å². The Bertz CT molecular complexity index is 1390. The van der Waals surface area contributed by atoms with Gasteiger partial charge in [0.2, 0.25) is 0 Å². The highest BCUT2D eigenvalue weighted by Gasteiger charge is 2.18. The molecule has 0 N–H and O–H groups in total. The summed E-state index contributed by atoms with van der Waals surface area (Å²) in [6.45, 7) is 5.14. The van der Waals surface area contributed by atoms with Crippen LogP contribution in [0, 0.1) is 0 Å². The molecular weight excluding hydrogens is 434 g/mol. The maximum Gasteiger partial charge on any atom is 0.182 e. The molecule has 1 aliphatic rings. The van der Waals surface area contributed by atoms with Crippen molar-refractivity contribution in [3.63, 3.8) is 0 Å². The van der Waals surface area contributed by atoms with Crippen LogP contribution in [0.25, 0.3) is 28.3 Å². The third-order valence-corrected chi connectivity index (χ3v) is 7.31. The number of fused-ring (bicyclic) bond motifs is 1. The molecule has 3 heterocycles. The molecular formula is C25H27N5O2S. The van der Waals surface area contributed by atoms with Crippen molar-refractivity contribution < 1.29 is 8.42 Å². The topological polar surface area (TPSA) is 70.8 Å². The molecule has 7 nitrogen and oxygen atoms in total. The molecule has 1 aliphatic heterocycles. The largest absolute Gasteiger partial charge is 0.304 e. The number of pyridine rings is 1. The van der Waals surface area contributed by atoms with Crippen molar-refractivity contribution in [3.8, 4) is 22.6 Å². The van der Waals surface area contributed by atoms with E-state index in [9.17, 15) is 8.42 Å². The monoisotopic (exact) mass is 461 g/mol. The first-order valence-electron chi connectivity index (χ1n) is 11.0. The first kappa shape index (κ1) is 21.8. The summed E-state index contributed by atoms with van der Waals surface area (Å²) in [5, 5.41) is 4.86. The van der Waals surface area contributed by atoms with E-state index in [1.165, 1.54) is 11.8 Å². The van der Waals surface area contributed by atoms with Crippen molar-refractivity contribution in [2.75, 3.05) is 39.5 Å². The van der Waals surface area contributed by atoms with Gasteiger partial charge in [-0.05, 0) is 36.9 Å². The van der Waals surface area contributed by atoms with E-state index in [4.69, 9.17) is 10.1 Å². The van der Waals surface area contributed by atoms with Crippen LogP contribution in [0.2, 0.25) is 0 Å². The number of aromatic nitrogens is 3. The molecule has 0 saturated carbocycles. The smallest absolute Gasteiger partial charge is 0.182 e. The first-order chi connectivity index (χ1) is 15.9. The summed E-state index contributed by atoms with van der Waals surface area (Å²) in [7, 11) is -1.07. The summed E-state index contributed by atoms with van der Waals surface area (Å²) < 4.78 is 25.5. The highest BCUT2D eigenvalue weighted by Crippen LogP contribution is 2.26. The second-order valence-electron chi connectivity index (χ2n) is 8.65. The lowest BCUT2D eigenvalue weighted by atomic mass is 10.1. The summed E-state index contributed by atoms with van der Waals surface area (Å²) in [6, 6.07) is 21.1. The molecule has 1 fully saturated rings. The van der Waals surface area contributed by atoms with Crippen molar-refractivity contribution in [3.05, 3.63) is 72.3 Å². The predicted molar refractivity (Wildman–Crippen MR) is 130 cm³/mol. The lowest BCUT2D eigenvalue weighted by molar-refractivity contribution is 0.148. The molecule has 8 heteroatoms. The molecule has 0 atom stereocenters. The maximum atomic E-state index is 11.8. The Morgan fingerprint density at radius 2 is 1.61 bits per heavy atom. The van der Waals surface area contributed by atoms with E-state index in [2.05, 4.69) is 35.0 Å². The number of nitrogens with zero attached hydrogens (tertiary/aromatic N) is 5. The van der Waals surface area contributed by atoms with Crippen LogP contribution >= 0.6 is 0 Å². The number of rotatable bonds is 5. The minimum absolute atomic E-state index is 0.301. The highest BCUT2D eigenvalue weighted by molar-refractivity contribution is 7.90. The van der Waals surface area contributed by atoms with Crippen LogP contribution in [0.5, 0.6) is 0 Å². The van der Waals surface area contributed by atoms with E-state index < -0.39 is 9.84 Å². The Morgan fingerprint density at radius 1 is 0.879 bits per heavy atom. The third-order valence-electron chi connectivity index (χ3n) is 6.19. The number of piperazine rings is 1. The van der Waals surface area contributed by atoms with Crippen LogP contribution in [0.15, 0.2) is 71.6 Å². The van der Waals surface area contributed by atoms with Crippen LogP contribution in [0.3, 0.4) is 0 Å². The Balaban J connectivity index is 1.50. The van der Waals surface area contributed by atoms with Gasteiger partial charge in [-0.3, -0.25) is 4.90 Å². The second-order valence-corrected chi connectivity index (χ2v) is 10.7. The molecule has 33 heavy (non-hydrogen) atoms. The lowest BCUT2D eigenvalue weighted by Crippen LogP contribution is -2.43. The number of sulfone groups is 1. The maximum absolute atomic E-state index is 11.8. The fourth-order valence-corrected chi connectivity index (χ4v) is 4.86. The van der Waals surface area contributed by atoms with Crippen LogP contribution in [0.1, 0.15) is 5.56 Å². The Morgan fingerprint density at radius 3 is 2.33 bits per heavy atom. The van der Waals surface area contributed by atoms with E-state index >= 15 is 0 Å². The molecule has 1 saturated heterocycles. The van der Waals surface area contributed by atoms with Gasteiger partial charge in [0.1, 0.15) is 0 Å². The van der Waals surface area contributed by atoms with Gasteiger partial charge < -0.3 is 4.90 Å². The fourth-order valence-electron chi connectivity index (χ4n) is 4.23. The molecule has 0 aliphatic carbocycles. The van der Waals surface area contributed by atoms with Crippen molar-refractivity contribution >= 4 is 15.5 Å². The Hall–Kier alpha value is -3.07. The lowest BCUT2D eigenvalue weighted by Gasteiger charge is -2.32. The van der Waals surface area contributed by atoms with E-state index in [1.54, 1.807) is 12.1 Å². The summed E-state index contributed by atoms with van der Waals surface area (Å²) in [5.74, 6) is 0.694. The highest BCUT2D eigenvalue weighted by atomic mass is 32.2. The van der Waals surface area contributed by atoms with Gasteiger partial charge in [-0.2, -0.15) is 0 Å². The number of hydrogen-bond donors (Lipinski definition) is 0. The van der Waals surface area contributed by atoms with E-state index in [-0.39, 0.29) is 0 Å². The van der Waals surface area contributed by atoms with Gasteiger partial charge in [-0.25, -0.2) is 17.9 Å². The second kappa shape index (κ2) is 8.70. The minimum atomic E-state index is -3.24. The molecule has 5 rings (SSSR count). The zero-order valence-electron chi connectivity index (χ0n) is 18.8. The normalized spacial score (nSPS) is 15.8. The van der Waals surface area contributed by atoms with Gasteiger partial charge in [-0.1, -0.05) is 42.5 Å². The molecule has 0 bridgehead atoms. The Labute approximate surface area is 194 Å². The predicted octanol–water partition coefficient (Wildman–Crippen LogP) is 3.21. The standard InChI is InChI=1S/C25H27N5O2S/c1-28-14-16-29(17-15-28)18-20-6-3-4-7-22(20)25-26-24-9-5-8-23(30(24)27-25)19-10-12-21(13-11-19)33(2,31)32/h3-13H,14-18H2,1-2H3. The molecule has 170 valence electrons. The Kier molecular flexibility index (Phi) is 5.74. The van der Waals surface area contributed by atoms with Gasteiger partial charge in [0.15, 0.2) is 21.3 Å². The van der Waals surface area contributed by atoms with Crippen molar-refractivity contribution in [2.24, 2.45) is 0 Å². The van der Waals surface area contributed by atoms with Gasteiger partial charge in [0.05, 0.1) is 10.6 Å². The zero-order chi connectivity index (χ0) is 23.0. The van der Waals surface area contributed by atoms with Crippen LogP contribution in [-0.4, -0.2) is 72.3 Å². The first-order valence-corrected chi connectivity index (χ1v) is 12.9. The zero-order valence-corrected chi connectivity index (χ0v) is 19.7. The number of benzene rings is 2. The number of hydrogen-bond acceptors (Lipinski definition) is 6. The van der Waals surface area contributed by atoms with Gasteiger partial charge >= 0.3 is 0 Å². The molecule has 2 aromatic carbocycles. The molecule has 0 amide bonds. The molecule has 0 radical (unpaired) electrons. The van der Waals surface area contributed by atoms with Gasteiger partial charge in [0.25, 0.3) is 0 Å². The average Bonchev–Trinajstić information content (AvgIpc) is 3.25. The van der Waals surface area contributed by atoms with Crippen LogP contribution in [-0.2, 0) is 16.4 Å². The fraction of sp³-hybridized carbons (Fsp3) is 0.280. The molecule has 2 aromatic heterocycles. The quantitative estimate of drug-likeness (QED) is 0.455. The van der Waals surface area contributed by atoms with E-state index in [0.29, 0.717) is 10.7 Å². The van der Waals surface area contributed by atoms with Crippen molar-refractivity contribution in [1.29, 1.82) is 0 Å². The summed E-state index contributed by atoms with van der Waals surface area (Å²) >= 11 is 0. The van der Waals surface area contributed by atoms with Crippen molar-refractivity contribution in [1.82, 2.24) is 24.4 Å². The number of likely N-dealkylation sites (N-methyl/N-ethyl adjacent to an activating group) is 1. The van der Waals surface area contributed by atoms with E-state index in [1.807, 2.05) is 40.9 Å². The molecule has 4 aromatic rings.